The second-order valence-corrected chi connectivity index (χ2v) is 3.85. The fraction of sp³-hybridized carbons (Fsp3) is 0.800. The number of aromatic nitrogens is 2. The van der Waals surface area contributed by atoms with Crippen LogP contribution in [0.25, 0.3) is 0 Å². The molecule has 1 rings (SSSR count). The summed E-state index contributed by atoms with van der Waals surface area (Å²) in [5.74, 6) is 1.22. The van der Waals surface area contributed by atoms with Gasteiger partial charge in [0.05, 0.1) is 0 Å². The van der Waals surface area contributed by atoms with Crippen molar-refractivity contribution in [3.05, 3.63) is 11.7 Å². The Labute approximate surface area is 90.0 Å². The molecule has 86 valence electrons. The maximum absolute atomic E-state index is 5.52. The van der Waals surface area contributed by atoms with Gasteiger partial charge in [-0.15, -0.1) is 0 Å². The number of nitrogens with zero attached hydrogens (tertiary/aromatic N) is 2. The third-order valence-electron chi connectivity index (χ3n) is 2.11. The van der Waals surface area contributed by atoms with Crippen LogP contribution in [0.1, 0.15) is 38.9 Å². The van der Waals surface area contributed by atoms with Gasteiger partial charge in [-0.1, -0.05) is 5.16 Å². The first-order chi connectivity index (χ1) is 7.10. The fourth-order valence-corrected chi connectivity index (χ4v) is 1.28. The summed E-state index contributed by atoms with van der Waals surface area (Å²) in [5.41, 5.74) is 4.92. The van der Waals surface area contributed by atoms with Crippen molar-refractivity contribution < 1.29 is 9.26 Å². The monoisotopic (exact) mass is 213 g/mol. The van der Waals surface area contributed by atoms with E-state index in [1.54, 1.807) is 0 Å². The maximum Gasteiger partial charge on any atom is 0.226 e. The second-order valence-electron chi connectivity index (χ2n) is 3.85. The zero-order chi connectivity index (χ0) is 11.3. The average Bonchev–Trinajstić information content (AvgIpc) is 2.63. The zero-order valence-corrected chi connectivity index (χ0v) is 9.62. The Hall–Kier alpha value is -0.940. The molecule has 0 aliphatic rings. The predicted octanol–water partition coefficient (Wildman–Crippen LogP) is 1.23. The van der Waals surface area contributed by atoms with Crippen molar-refractivity contribution in [2.24, 2.45) is 5.73 Å². The average molecular weight is 213 g/mol. The summed E-state index contributed by atoms with van der Waals surface area (Å²) in [6.07, 6.45) is 1.59. The van der Waals surface area contributed by atoms with Gasteiger partial charge in [-0.25, -0.2) is 0 Å². The minimum Gasteiger partial charge on any atom is -0.368 e. The van der Waals surface area contributed by atoms with E-state index in [1.165, 1.54) is 0 Å². The van der Waals surface area contributed by atoms with Crippen LogP contribution in [0, 0.1) is 0 Å². The summed E-state index contributed by atoms with van der Waals surface area (Å²) in [4.78, 5) is 4.28. The Morgan fingerprint density at radius 1 is 1.47 bits per heavy atom. The lowest BCUT2D eigenvalue weighted by molar-refractivity contribution is -0.0221. The van der Waals surface area contributed by atoms with E-state index in [1.807, 2.05) is 20.8 Å². The van der Waals surface area contributed by atoms with Gasteiger partial charge in [0.25, 0.3) is 0 Å². The first kappa shape index (κ1) is 12.1. The molecule has 0 fully saturated rings. The molecule has 0 aromatic carbocycles. The van der Waals surface area contributed by atoms with Crippen molar-refractivity contribution in [2.75, 3.05) is 13.2 Å². The molecule has 15 heavy (non-hydrogen) atoms. The number of rotatable bonds is 6. The topological polar surface area (TPSA) is 74.2 Å². The van der Waals surface area contributed by atoms with Crippen LogP contribution in [0.3, 0.4) is 0 Å². The molecule has 0 radical (unpaired) electrons. The molecule has 5 heteroatoms. The standard InChI is InChI=1S/C10H19N3O2/c1-4-14-10(2,3)9-12-8(15-13-9)6-5-7-11/h4-7,11H2,1-3H3. The van der Waals surface area contributed by atoms with Crippen LogP contribution >= 0.6 is 0 Å². The van der Waals surface area contributed by atoms with Gasteiger partial charge in [0.1, 0.15) is 5.60 Å². The van der Waals surface area contributed by atoms with E-state index in [0.29, 0.717) is 24.9 Å². The summed E-state index contributed by atoms with van der Waals surface area (Å²) in [6.45, 7) is 7.05. The molecule has 0 atom stereocenters. The van der Waals surface area contributed by atoms with Crippen molar-refractivity contribution >= 4 is 0 Å². The smallest absolute Gasteiger partial charge is 0.226 e. The number of nitrogens with two attached hydrogens (primary N) is 1. The lowest BCUT2D eigenvalue weighted by atomic mass is 10.1. The Morgan fingerprint density at radius 3 is 2.80 bits per heavy atom. The van der Waals surface area contributed by atoms with E-state index in [-0.39, 0.29) is 0 Å². The minimum absolute atomic E-state index is 0.487. The van der Waals surface area contributed by atoms with Gasteiger partial charge in [-0.2, -0.15) is 4.98 Å². The molecule has 1 heterocycles. The van der Waals surface area contributed by atoms with Crippen LogP contribution in [-0.4, -0.2) is 23.3 Å². The van der Waals surface area contributed by atoms with Gasteiger partial charge in [-0.3, -0.25) is 0 Å². The summed E-state index contributed by atoms with van der Waals surface area (Å²) in [5, 5.41) is 3.91. The largest absolute Gasteiger partial charge is 0.368 e. The van der Waals surface area contributed by atoms with Crippen LogP contribution in [-0.2, 0) is 16.8 Å². The molecule has 0 bridgehead atoms. The molecular formula is C10H19N3O2. The first-order valence-corrected chi connectivity index (χ1v) is 5.27. The number of aryl methyl sites for hydroxylation is 1. The molecule has 0 spiro atoms. The van der Waals surface area contributed by atoms with Crippen LogP contribution < -0.4 is 5.73 Å². The van der Waals surface area contributed by atoms with Gasteiger partial charge in [0.15, 0.2) is 0 Å². The van der Waals surface area contributed by atoms with Gasteiger partial charge >= 0.3 is 0 Å². The second kappa shape index (κ2) is 5.23. The van der Waals surface area contributed by atoms with Gasteiger partial charge in [0, 0.05) is 13.0 Å². The molecule has 0 amide bonds. The van der Waals surface area contributed by atoms with Crippen LogP contribution in [0.2, 0.25) is 0 Å². The molecule has 2 N–H and O–H groups in total. The van der Waals surface area contributed by atoms with E-state index in [9.17, 15) is 0 Å². The molecule has 0 saturated heterocycles. The normalized spacial score (nSPS) is 12.0. The van der Waals surface area contributed by atoms with Gasteiger partial charge in [-0.05, 0) is 33.7 Å². The molecule has 0 unspecified atom stereocenters. The third kappa shape index (κ3) is 3.28. The quantitative estimate of drug-likeness (QED) is 0.769. The molecular weight excluding hydrogens is 194 g/mol. The molecule has 0 saturated carbocycles. The Bertz CT molecular complexity index is 297. The molecule has 0 aliphatic heterocycles. The first-order valence-electron chi connectivity index (χ1n) is 5.27. The van der Waals surface area contributed by atoms with Crippen LogP contribution in [0.5, 0.6) is 0 Å². The highest BCUT2D eigenvalue weighted by atomic mass is 16.5. The molecule has 5 nitrogen and oxygen atoms in total. The highest BCUT2D eigenvalue weighted by Crippen LogP contribution is 2.21. The van der Waals surface area contributed by atoms with Gasteiger partial charge in [0.2, 0.25) is 11.7 Å². The maximum atomic E-state index is 5.52. The van der Waals surface area contributed by atoms with Crippen molar-refractivity contribution in [3.63, 3.8) is 0 Å². The summed E-state index contributed by atoms with van der Waals surface area (Å²) in [7, 11) is 0. The Kier molecular flexibility index (Phi) is 4.23. The van der Waals surface area contributed by atoms with E-state index in [2.05, 4.69) is 10.1 Å². The third-order valence-corrected chi connectivity index (χ3v) is 2.11. The molecule has 1 aromatic rings. The minimum atomic E-state index is -0.487. The molecule has 1 aromatic heterocycles. The Morgan fingerprint density at radius 2 is 2.20 bits per heavy atom. The van der Waals surface area contributed by atoms with E-state index >= 15 is 0 Å². The van der Waals surface area contributed by atoms with Crippen LogP contribution in [0.15, 0.2) is 4.52 Å². The predicted molar refractivity (Wildman–Crippen MR) is 56.3 cm³/mol. The SMILES string of the molecule is CCOC(C)(C)c1noc(CCCN)n1. The lowest BCUT2D eigenvalue weighted by Gasteiger charge is -2.19. The van der Waals surface area contributed by atoms with Gasteiger partial charge < -0.3 is 15.0 Å². The zero-order valence-electron chi connectivity index (χ0n) is 9.62. The molecule has 0 aliphatic carbocycles. The van der Waals surface area contributed by atoms with E-state index < -0.39 is 5.60 Å². The fourth-order valence-electron chi connectivity index (χ4n) is 1.28. The van der Waals surface area contributed by atoms with Crippen molar-refractivity contribution in [1.82, 2.24) is 10.1 Å². The lowest BCUT2D eigenvalue weighted by Crippen LogP contribution is -2.23. The van der Waals surface area contributed by atoms with Crippen molar-refractivity contribution in [3.8, 4) is 0 Å². The van der Waals surface area contributed by atoms with Crippen molar-refractivity contribution in [1.29, 1.82) is 0 Å². The Balaban J connectivity index is 2.66. The summed E-state index contributed by atoms with van der Waals surface area (Å²) in [6, 6.07) is 0. The summed E-state index contributed by atoms with van der Waals surface area (Å²) >= 11 is 0. The van der Waals surface area contributed by atoms with Crippen LogP contribution in [0.4, 0.5) is 0 Å². The number of hydrogen-bond donors (Lipinski definition) is 1. The number of ether oxygens (including phenoxy) is 1. The summed E-state index contributed by atoms with van der Waals surface area (Å²) < 4.78 is 10.6. The number of hydrogen-bond acceptors (Lipinski definition) is 5. The highest BCUT2D eigenvalue weighted by Gasteiger charge is 2.26. The van der Waals surface area contributed by atoms with E-state index in [0.717, 1.165) is 12.8 Å². The van der Waals surface area contributed by atoms with E-state index in [4.69, 9.17) is 15.0 Å². The van der Waals surface area contributed by atoms with Crippen molar-refractivity contribution in [2.45, 2.75) is 39.2 Å². The highest BCUT2D eigenvalue weighted by molar-refractivity contribution is 4.97.